The van der Waals surface area contributed by atoms with E-state index < -0.39 is 0 Å². The van der Waals surface area contributed by atoms with Gasteiger partial charge in [-0.3, -0.25) is 4.79 Å². The second kappa shape index (κ2) is 9.40. The lowest BCUT2D eigenvalue weighted by molar-refractivity contribution is -0.133. The second-order valence-electron chi connectivity index (χ2n) is 8.69. The standard InChI is InChI=1S/C21H32N6O2/c1-13-4-7-17(10-18(13)28)24-19-15(11-22)12-23-21(26-19)25-16-8-5-14(6-9-16)20(29)27(2)3/h12-14,16-18,28H,4-10H2,1-3H3,(H2,23,24,25,26)/t13-,14?,16?,17-,18-/m1/s1. The average Bonchev–Trinajstić information content (AvgIpc) is 2.71. The number of carbonyl (C=O) groups is 1. The molecule has 0 saturated heterocycles. The van der Waals surface area contributed by atoms with Crippen LogP contribution in [-0.4, -0.2) is 58.2 Å². The van der Waals surface area contributed by atoms with Crippen LogP contribution in [0.5, 0.6) is 0 Å². The van der Waals surface area contributed by atoms with Crippen LogP contribution in [0.3, 0.4) is 0 Å². The Hall–Kier alpha value is -2.40. The van der Waals surface area contributed by atoms with Gasteiger partial charge in [-0.2, -0.15) is 10.2 Å². The van der Waals surface area contributed by atoms with Crippen LogP contribution in [0.25, 0.3) is 0 Å². The summed E-state index contributed by atoms with van der Waals surface area (Å²) in [6.45, 7) is 2.06. The Bertz CT molecular complexity index is 754. The largest absolute Gasteiger partial charge is 0.393 e. The fourth-order valence-corrected chi connectivity index (χ4v) is 4.30. The van der Waals surface area contributed by atoms with Crippen molar-refractivity contribution in [1.82, 2.24) is 14.9 Å². The van der Waals surface area contributed by atoms with Crippen LogP contribution in [0.1, 0.15) is 57.4 Å². The maximum atomic E-state index is 12.1. The van der Waals surface area contributed by atoms with Gasteiger partial charge in [-0.25, -0.2) is 4.98 Å². The minimum absolute atomic E-state index is 0.0993. The molecule has 2 fully saturated rings. The number of hydrogen-bond donors (Lipinski definition) is 3. The van der Waals surface area contributed by atoms with Gasteiger partial charge in [0, 0.05) is 32.1 Å². The minimum Gasteiger partial charge on any atom is -0.393 e. The summed E-state index contributed by atoms with van der Waals surface area (Å²) in [6.07, 6.45) is 7.26. The van der Waals surface area contributed by atoms with Gasteiger partial charge in [0.2, 0.25) is 11.9 Å². The molecule has 8 nitrogen and oxygen atoms in total. The molecule has 0 aromatic carbocycles. The molecular weight excluding hydrogens is 368 g/mol. The Morgan fingerprint density at radius 1 is 1.17 bits per heavy atom. The van der Waals surface area contributed by atoms with E-state index in [0.717, 1.165) is 38.5 Å². The maximum absolute atomic E-state index is 12.1. The highest BCUT2D eigenvalue weighted by molar-refractivity contribution is 5.78. The molecule has 158 valence electrons. The highest BCUT2D eigenvalue weighted by atomic mass is 16.3. The third-order valence-corrected chi connectivity index (χ3v) is 6.25. The van der Waals surface area contributed by atoms with E-state index in [1.807, 2.05) is 0 Å². The number of nitriles is 1. The van der Waals surface area contributed by atoms with Crippen LogP contribution in [0, 0.1) is 23.2 Å². The van der Waals surface area contributed by atoms with Crippen molar-refractivity contribution in [2.45, 2.75) is 70.1 Å². The van der Waals surface area contributed by atoms with E-state index in [2.05, 4.69) is 33.6 Å². The minimum atomic E-state index is -0.328. The Morgan fingerprint density at radius 3 is 2.48 bits per heavy atom. The van der Waals surface area contributed by atoms with Crippen LogP contribution in [0.15, 0.2) is 6.20 Å². The monoisotopic (exact) mass is 400 g/mol. The molecule has 29 heavy (non-hydrogen) atoms. The molecule has 0 bridgehead atoms. The number of aliphatic hydroxyl groups is 1. The number of aliphatic hydroxyl groups excluding tert-OH is 1. The van der Waals surface area contributed by atoms with Crippen molar-refractivity contribution >= 4 is 17.7 Å². The van der Waals surface area contributed by atoms with Gasteiger partial charge in [-0.05, 0) is 50.9 Å². The van der Waals surface area contributed by atoms with Gasteiger partial charge in [0.25, 0.3) is 0 Å². The summed E-state index contributed by atoms with van der Waals surface area (Å²) in [7, 11) is 3.61. The predicted molar refractivity (Wildman–Crippen MR) is 111 cm³/mol. The summed E-state index contributed by atoms with van der Waals surface area (Å²) in [6, 6.07) is 2.47. The highest BCUT2D eigenvalue weighted by Gasteiger charge is 2.29. The number of nitrogens with one attached hydrogen (secondary N) is 2. The summed E-state index contributed by atoms with van der Waals surface area (Å²) in [5.74, 6) is 1.63. The summed E-state index contributed by atoms with van der Waals surface area (Å²) >= 11 is 0. The SMILES string of the molecule is C[C@@H]1CC[C@@H](Nc2nc(NC3CCC(C(=O)N(C)C)CC3)ncc2C#N)C[C@H]1O. The first-order valence-corrected chi connectivity index (χ1v) is 10.6. The van der Waals surface area contributed by atoms with Gasteiger partial charge in [0.05, 0.1) is 12.3 Å². The smallest absolute Gasteiger partial charge is 0.225 e. The zero-order valence-electron chi connectivity index (χ0n) is 17.6. The third kappa shape index (κ3) is 5.36. The average molecular weight is 401 g/mol. The molecular formula is C21H32N6O2. The van der Waals surface area contributed by atoms with Gasteiger partial charge in [-0.15, -0.1) is 0 Å². The van der Waals surface area contributed by atoms with Crippen molar-refractivity contribution in [2.75, 3.05) is 24.7 Å². The molecule has 3 N–H and O–H groups in total. The van der Waals surface area contributed by atoms with E-state index >= 15 is 0 Å². The van der Waals surface area contributed by atoms with Crippen LogP contribution in [0.2, 0.25) is 0 Å². The van der Waals surface area contributed by atoms with Crippen molar-refractivity contribution < 1.29 is 9.90 Å². The van der Waals surface area contributed by atoms with E-state index in [4.69, 9.17) is 0 Å². The highest BCUT2D eigenvalue weighted by Crippen LogP contribution is 2.29. The molecule has 2 aliphatic carbocycles. The Kier molecular flexibility index (Phi) is 6.91. The summed E-state index contributed by atoms with van der Waals surface area (Å²) in [5, 5.41) is 26.3. The number of aromatic nitrogens is 2. The number of amides is 1. The van der Waals surface area contributed by atoms with Crippen molar-refractivity contribution in [3.05, 3.63) is 11.8 Å². The van der Waals surface area contributed by atoms with Crippen LogP contribution in [-0.2, 0) is 4.79 Å². The van der Waals surface area contributed by atoms with Gasteiger partial charge in [0.15, 0.2) is 0 Å². The molecule has 2 aliphatic rings. The first-order valence-electron chi connectivity index (χ1n) is 10.6. The van der Waals surface area contributed by atoms with Crippen LogP contribution < -0.4 is 10.6 Å². The molecule has 0 aliphatic heterocycles. The molecule has 1 aromatic heterocycles. The normalized spacial score (nSPS) is 29.6. The Morgan fingerprint density at radius 2 is 1.86 bits per heavy atom. The Balaban J connectivity index is 1.61. The second-order valence-corrected chi connectivity index (χ2v) is 8.69. The third-order valence-electron chi connectivity index (χ3n) is 6.25. The number of nitrogens with zero attached hydrogens (tertiary/aromatic N) is 4. The van der Waals surface area contributed by atoms with Crippen LogP contribution in [0.4, 0.5) is 11.8 Å². The molecule has 8 heteroatoms. The summed E-state index contributed by atoms with van der Waals surface area (Å²) in [4.78, 5) is 22.6. The molecule has 3 atom stereocenters. The van der Waals surface area contributed by atoms with Crippen molar-refractivity contribution in [3.63, 3.8) is 0 Å². The molecule has 0 unspecified atom stereocenters. The lowest BCUT2D eigenvalue weighted by Crippen LogP contribution is -2.36. The lowest BCUT2D eigenvalue weighted by atomic mass is 9.85. The number of rotatable bonds is 5. The zero-order valence-corrected chi connectivity index (χ0v) is 17.6. The maximum Gasteiger partial charge on any atom is 0.225 e. The zero-order chi connectivity index (χ0) is 21.0. The molecule has 1 amide bonds. The molecule has 0 spiro atoms. The van der Waals surface area contributed by atoms with E-state index in [9.17, 15) is 15.2 Å². The lowest BCUT2D eigenvalue weighted by Gasteiger charge is -2.32. The number of anilines is 2. The Labute approximate surface area is 172 Å². The van der Waals surface area contributed by atoms with Crippen molar-refractivity contribution in [3.8, 4) is 6.07 Å². The summed E-state index contributed by atoms with van der Waals surface area (Å²) < 4.78 is 0. The van der Waals surface area contributed by atoms with Gasteiger partial charge in [0.1, 0.15) is 17.5 Å². The summed E-state index contributed by atoms with van der Waals surface area (Å²) in [5.41, 5.74) is 0.406. The molecule has 2 saturated carbocycles. The quantitative estimate of drug-likeness (QED) is 0.695. The fraction of sp³-hybridized carbons (Fsp3) is 0.714. The van der Waals surface area contributed by atoms with E-state index in [-0.39, 0.29) is 30.0 Å². The molecule has 1 aromatic rings. The number of carbonyl (C=O) groups excluding carboxylic acids is 1. The number of hydrogen-bond acceptors (Lipinski definition) is 7. The van der Waals surface area contributed by atoms with Gasteiger partial charge >= 0.3 is 0 Å². The van der Waals surface area contributed by atoms with Gasteiger partial charge in [-0.1, -0.05) is 6.92 Å². The van der Waals surface area contributed by atoms with Gasteiger partial charge < -0.3 is 20.6 Å². The first kappa shape index (κ1) is 21.3. The molecule has 0 radical (unpaired) electrons. The molecule has 3 rings (SSSR count). The first-order chi connectivity index (χ1) is 13.9. The van der Waals surface area contributed by atoms with E-state index in [1.54, 1.807) is 25.2 Å². The van der Waals surface area contributed by atoms with Crippen molar-refractivity contribution in [1.29, 1.82) is 5.26 Å². The van der Waals surface area contributed by atoms with E-state index in [1.165, 1.54) is 0 Å². The fourth-order valence-electron chi connectivity index (χ4n) is 4.30. The van der Waals surface area contributed by atoms with E-state index in [0.29, 0.717) is 29.7 Å². The van der Waals surface area contributed by atoms with Crippen LogP contribution >= 0.6 is 0 Å². The topological polar surface area (TPSA) is 114 Å². The molecule has 1 heterocycles. The predicted octanol–water partition coefficient (Wildman–Crippen LogP) is 2.37. The van der Waals surface area contributed by atoms with Crippen molar-refractivity contribution in [2.24, 2.45) is 11.8 Å².